The van der Waals surface area contributed by atoms with Crippen molar-refractivity contribution in [2.75, 3.05) is 19.7 Å². The molecule has 0 saturated carbocycles. The van der Waals surface area contributed by atoms with Crippen molar-refractivity contribution in [1.29, 1.82) is 0 Å². The highest BCUT2D eigenvalue weighted by Gasteiger charge is 1.98. The number of nitrogens with zero attached hydrogens (tertiary/aromatic N) is 1. The molecule has 0 aliphatic carbocycles. The predicted molar refractivity (Wildman–Crippen MR) is 84.2 cm³/mol. The number of aromatic nitrogens is 1. The maximum Gasteiger partial charge on any atom is 0.138 e. The molecule has 3 heteroatoms. The standard InChI is InChI=1S/C17H24N2O/c1-14(2)12-18-9-5-6-10-20-16-11-15-7-3-4-8-17(15)19-13-16/h3-4,7-8,11,13-14,18H,5-6,9-10,12H2,1-2H3. The van der Waals surface area contributed by atoms with E-state index in [1.54, 1.807) is 6.20 Å². The molecule has 0 radical (unpaired) electrons. The monoisotopic (exact) mass is 272 g/mol. The molecular weight excluding hydrogens is 248 g/mol. The second-order valence-corrected chi connectivity index (χ2v) is 5.52. The number of nitrogens with one attached hydrogen (secondary N) is 1. The number of para-hydroxylation sites is 1. The molecule has 0 aliphatic heterocycles. The molecule has 0 fully saturated rings. The zero-order valence-electron chi connectivity index (χ0n) is 12.4. The van der Waals surface area contributed by atoms with Crippen LogP contribution in [0.15, 0.2) is 36.5 Å². The molecule has 20 heavy (non-hydrogen) atoms. The van der Waals surface area contributed by atoms with Gasteiger partial charge in [-0.05, 0) is 44.0 Å². The van der Waals surface area contributed by atoms with Crippen molar-refractivity contribution >= 4 is 10.9 Å². The largest absolute Gasteiger partial charge is 0.492 e. The number of ether oxygens (including phenoxy) is 1. The number of fused-ring (bicyclic) bond motifs is 1. The first-order valence-corrected chi connectivity index (χ1v) is 7.44. The zero-order valence-corrected chi connectivity index (χ0v) is 12.4. The normalized spacial score (nSPS) is 11.2. The number of unbranched alkanes of at least 4 members (excludes halogenated alkanes) is 1. The Hall–Kier alpha value is -1.61. The maximum absolute atomic E-state index is 5.75. The van der Waals surface area contributed by atoms with E-state index in [0.29, 0.717) is 0 Å². The summed E-state index contributed by atoms with van der Waals surface area (Å²) in [7, 11) is 0. The molecule has 0 aliphatic rings. The lowest BCUT2D eigenvalue weighted by Crippen LogP contribution is -2.21. The van der Waals surface area contributed by atoms with E-state index in [-0.39, 0.29) is 0 Å². The fraction of sp³-hybridized carbons (Fsp3) is 0.471. The Morgan fingerprint density at radius 1 is 1.20 bits per heavy atom. The molecule has 108 valence electrons. The van der Waals surface area contributed by atoms with Crippen LogP contribution in [0.5, 0.6) is 5.75 Å². The van der Waals surface area contributed by atoms with E-state index in [9.17, 15) is 0 Å². The number of hydrogen-bond acceptors (Lipinski definition) is 3. The predicted octanol–water partition coefficient (Wildman–Crippen LogP) is 3.64. The first-order chi connectivity index (χ1) is 9.75. The third kappa shape index (κ3) is 4.82. The van der Waals surface area contributed by atoms with Gasteiger partial charge in [-0.15, -0.1) is 0 Å². The van der Waals surface area contributed by atoms with Crippen LogP contribution in [0, 0.1) is 5.92 Å². The summed E-state index contributed by atoms with van der Waals surface area (Å²) in [6, 6.07) is 10.2. The SMILES string of the molecule is CC(C)CNCCCCOc1cnc2ccccc2c1. The quantitative estimate of drug-likeness (QED) is 0.745. The molecular formula is C17H24N2O. The lowest BCUT2D eigenvalue weighted by atomic mass is 10.2. The van der Waals surface area contributed by atoms with Gasteiger partial charge in [0.25, 0.3) is 0 Å². The van der Waals surface area contributed by atoms with E-state index in [2.05, 4.69) is 36.3 Å². The second-order valence-electron chi connectivity index (χ2n) is 5.52. The van der Waals surface area contributed by atoms with Gasteiger partial charge in [-0.25, -0.2) is 0 Å². The molecule has 0 amide bonds. The summed E-state index contributed by atoms with van der Waals surface area (Å²) in [6.45, 7) is 7.36. The van der Waals surface area contributed by atoms with Gasteiger partial charge < -0.3 is 10.1 Å². The Kier molecular flexibility index (Phi) is 5.81. The highest BCUT2D eigenvalue weighted by atomic mass is 16.5. The number of pyridine rings is 1. The lowest BCUT2D eigenvalue weighted by Gasteiger charge is -2.08. The Morgan fingerprint density at radius 3 is 2.90 bits per heavy atom. The Labute approximate surface area is 121 Å². The summed E-state index contributed by atoms with van der Waals surface area (Å²) in [4.78, 5) is 4.39. The third-order valence-corrected chi connectivity index (χ3v) is 3.13. The van der Waals surface area contributed by atoms with Gasteiger partial charge in [0.2, 0.25) is 0 Å². The van der Waals surface area contributed by atoms with Crippen LogP contribution in [-0.2, 0) is 0 Å². The fourth-order valence-electron chi connectivity index (χ4n) is 2.06. The minimum atomic E-state index is 0.718. The van der Waals surface area contributed by atoms with Crippen molar-refractivity contribution in [3.8, 4) is 5.75 Å². The first kappa shape index (κ1) is 14.8. The summed E-state index contributed by atoms with van der Waals surface area (Å²) in [5.74, 6) is 1.58. The summed E-state index contributed by atoms with van der Waals surface area (Å²) in [5.41, 5.74) is 1.01. The summed E-state index contributed by atoms with van der Waals surface area (Å²) < 4.78 is 5.75. The highest BCUT2D eigenvalue weighted by molar-refractivity contribution is 5.79. The minimum Gasteiger partial charge on any atom is -0.492 e. The minimum absolute atomic E-state index is 0.718. The van der Waals surface area contributed by atoms with Crippen LogP contribution in [0.25, 0.3) is 10.9 Å². The topological polar surface area (TPSA) is 34.1 Å². The Balaban J connectivity index is 1.68. The van der Waals surface area contributed by atoms with Crippen molar-refractivity contribution in [2.24, 2.45) is 5.92 Å². The Bertz CT molecular complexity index is 525. The smallest absolute Gasteiger partial charge is 0.138 e. The highest BCUT2D eigenvalue weighted by Crippen LogP contribution is 2.17. The van der Waals surface area contributed by atoms with Crippen LogP contribution in [0.2, 0.25) is 0 Å². The van der Waals surface area contributed by atoms with Gasteiger partial charge in [-0.2, -0.15) is 0 Å². The average molecular weight is 272 g/mol. The van der Waals surface area contributed by atoms with Crippen molar-refractivity contribution < 1.29 is 4.74 Å². The summed E-state index contributed by atoms with van der Waals surface area (Å²) >= 11 is 0. The van der Waals surface area contributed by atoms with E-state index in [1.807, 2.05) is 18.2 Å². The van der Waals surface area contributed by atoms with Crippen LogP contribution in [0.3, 0.4) is 0 Å². The van der Waals surface area contributed by atoms with Gasteiger partial charge in [-0.1, -0.05) is 32.0 Å². The number of benzene rings is 1. The molecule has 0 spiro atoms. The van der Waals surface area contributed by atoms with E-state index in [4.69, 9.17) is 4.74 Å². The first-order valence-electron chi connectivity index (χ1n) is 7.44. The molecule has 1 heterocycles. The summed E-state index contributed by atoms with van der Waals surface area (Å²) in [6.07, 6.45) is 4.02. The van der Waals surface area contributed by atoms with Gasteiger partial charge in [-0.3, -0.25) is 4.98 Å². The van der Waals surface area contributed by atoms with Crippen LogP contribution in [0.4, 0.5) is 0 Å². The fourth-order valence-corrected chi connectivity index (χ4v) is 2.06. The van der Waals surface area contributed by atoms with Crippen molar-refractivity contribution in [3.63, 3.8) is 0 Å². The molecule has 1 aromatic heterocycles. The molecule has 2 rings (SSSR count). The molecule has 1 aromatic carbocycles. The van der Waals surface area contributed by atoms with Crippen molar-refractivity contribution in [2.45, 2.75) is 26.7 Å². The molecule has 3 nitrogen and oxygen atoms in total. The lowest BCUT2D eigenvalue weighted by molar-refractivity contribution is 0.305. The van der Waals surface area contributed by atoms with Gasteiger partial charge in [0.15, 0.2) is 0 Å². The molecule has 2 aromatic rings. The number of rotatable bonds is 8. The maximum atomic E-state index is 5.75. The molecule has 0 atom stereocenters. The van der Waals surface area contributed by atoms with Crippen molar-refractivity contribution in [3.05, 3.63) is 36.5 Å². The van der Waals surface area contributed by atoms with E-state index >= 15 is 0 Å². The van der Waals surface area contributed by atoms with Crippen molar-refractivity contribution in [1.82, 2.24) is 10.3 Å². The zero-order chi connectivity index (χ0) is 14.2. The van der Waals surface area contributed by atoms with Crippen LogP contribution < -0.4 is 10.1 Å². The molecule has 1 N–H and O–H groups in total. The van der Waals surface area contributed by atoms with Crippen LogP contribution >= 0.6 is 0 Å². The third-order valence-electron chi connectivity index (χ3n) is 3.13. The summed E-state index contributed by atoms with van der Waals surface area (Å²) in [5, 5.41) is 4.57. The Morgan fingerprint density at radius 2 is 2.05 bits per heavy atom. The van der Waals surface area contributed by atoms with Crippen LogP contribution in [-0.4, -0.2) is 24.7 Å². The van der Waals surface area contributed by atoms with E-state index in [1.165, 1.54) is 0 Å². The van der Waals surface area contributed by atoms with Gasteiger partial charge >= 0.3 is 0 Å². The van der Waals surface area contributed by atoms with Gasteiger partial charge in [0.05, 0.1) is 18.3 Å². The molecule has 0 unspecified atom stereocenters. The molecule has 0 bridgehead atoms. The van der Waals surface area contributed by atoms with Crippen LogP contribution in [0.1, 0.15) is 26.7 Å². The molecule has 0 saturated heterocycles. The average Bonchev–Trinajstić information content (AvgIpc) is 2.46. The van der Waals surface area contributed by atoms with Gasteiger partial charge in [0.1, 0.15) is 5.75 Å². The van der Waals surface area contributed by atoms with Gasteiger partial charge in [0, 0.05) is 5.39 Å². The van der Waals surface area contributed by atoms with E-state index < -0.39 is 0 Å². The number of hydrogen-bond donors (Lipinski definition) is 1. The second kappa shape index (κ2) is 7.85. The van der Waals surface area contributed by atoms with E-state index in [0.717, 1.165) is 55.1 Å².